The van der Waals surface area contributed by atoms with Crippen LogP contribution in [-0.4, -0.2) is 18.2 Å². The van der Waals surface area contributed by atoms with E-state index in [1.165, 1.54) is 0 Å². The lowest BCUT2D eigenvalue weighted by atomic mass is 9.89. The maximum atomic E-state index is 11.0. The van der Waals surface area contributed by atoms with Crippen LogP contribution in [0.15, 0.2) is 16.6 Å². The van der Waals surface area contributed by atoms with Crippen LogP contribution in [0.1, 0.15) is 36.3 Å². The average Bonchev–Trinajstić information content (AvgIpc) is 3.13. The zero-order chi connectivity index (χ0) is 13.3. The van der Waals surface area contributed by atoms with Gasteiger partial charge in [0.05, 0.1) is 18.0 Å². The predicted molar refractivity (Wildman–Crippen MR) is 73.1 cm³/mol. The quantitative estimate of drug-likeness (QED) is 0.901. The van der Waals surface area contributed by atoms with Crippen molar-refractivity contribution in [3.8, 4) is 5.75 Å². The average molecular weight is 313 g/mol. The first-order valence-electron chi connectivity index (χ1n) is 6.09. The Bertz CT molecular complexity index is 466. The van der Waals surface area contributed by atoms with E-state index in [4.69, 9.17) is 9.84 Å². The highest BCUT2D eigenvalue weighted by molar-refractivity contribution is 9.10. The van der Waals surface area contributed by atoms with Crippen molar-refractivity contribution in [2.24, 2.45) is 5.92 Å². The third-order valence-electron chi connectivity index (χ3n) is 3.51. The second kappa shape index (κ2) is 5.31. The number of carboxylic acids is 1. The number of hydrogen-bond acceptors (Lipinski definition) is 2. The number of carbonyl (C=O) groups is 1. The molecule has 0 saturated heterocycles. The molecule has 18 heavy (non-hydrogen) atoms. The number of benzene rings is 1. The first-order chi connectivity index (χ1) is 8.54. The van der Waals surface area contributed by atoms with Crippen molar-refractivity contribution in [2.75, 3.05) is 7.11 Å². The van der Waals surface area contributed by atoms with Crippen molar-refractivity contribution in [1.82, 2.24) is 0 Å². The first-order valence-corrected chi connectivity index (χ1v) is 6.88. The van der Waals surface area contributed by atoms with Crippen molar-refractivity contribution in [2.45, 2.75) is 32.1 Å². The molecule has 0 amide bonds. The fourth-order valence-electron chi connectivity index (χ4n) is 2.39. The minimum absolute atomic E-state index is 0.0642. The van der Waals surface area contributed by atoms with Crippen LogP contribution in [0.4, 0.5) is 0 Å². The number of rotatable bonds is 5. The summed E-state index contributed by atoms with van der Waals surface area (Å²) in [5.41, 5.74) is 2.11. The topological polar surface area (TPSA) is 46.5 Å². The van der Waals surface area contributed by atoms with Crippen LogP contribution in [0.25, 0.3) is 0 Å². The molecule has 1 atom stereocenters. The maximum absolute atomic E-state index is 11.0. The Hall–Kier alpha value is -1.03. The van der Waals surface area contributed by atoms with Crippen LogP contribution in [-0.2, 0) is 4.79 Å². The van der Waals surface area contributed by atoms with Gasteiger partial charge in [-0.15, -0.1) is 0 Å². The Labute approximate surface area is 115 Å². The summed E-state index contributed by atoms with van der Waals surface area (Å²) in [6.45, 7) is 2.00. The normalized spacial score (nSPS) is 16.4. The highest BCUT2D eigenvalue weighted by atomic mass is 79.9. The molecule has 1 fully saturated rings. The zero-order valence-corrected chi connectivity index (χ0v) is 12.2. The van der Waals surface area contributed by atoms with Gasteiger partial charge in [-0.25, -0.2) is 0 Å². The lowest BCUT2D eigenvalue weighted by molar-refractivity contribution is -0.137. The minimum Gasteiger partial charge on any atom is -0.495 e. The molecule has 1 aliphatic rings. The van der Waals surface area contributed by atoms with Crippen LogP contribution in [0.3, 0.4) is 0 Å². The van der Waals surface area contributed by atoms with Crippen LogP contribution in [0.5, 0.6) is 5.75 Å². The monoisotopic (exact) mass is 312 g/mol. The molecule has 0 heterocycles. The molecule has 2 rings (SSSR count). The van der Waals surface area contributed by atoms with E-state index in [1.807, 2.05) is 19.1 Å². The van der Waals surface area contributed by atoms with Gasteiger partial charge in [0, 0.05) is 5.92 Å². The van der Waals surface area contributed by atoms with E-state index < -0.39 is 5.97 Å². The molecular formula is C14H17BrO3. The van der Waals surface area contributed by atoms with Gasteiger partial charge < -0.3 is 9.84 Å². The largest absolute Gasteiger partial charge is 0.495 e. The summed E-state index contributed by atoms with van der Waals surface area (Å²) in [6, 6.07) is 4.02. The molecule has 1 saturated carbocycles. The van der Waals surface area contributed by atoms with Crippen molar-refractivity contribution < 1.29 is 14.6 Å². The molecule has 98 valence electrons. The molecule has 0 radical (unpaired) electrons. The fraction of sp³-hybridized carbons (Fsp3) is 0.500. The molecular weight excluding hydrogens is 296 g/mol. The van der Waals surface area contributed by atoms with Gasteiger partial charge in [0.25, 0.3) is 0 Å². The molecule has 4 heteroatoms. The smallest absolute Gasteiger partial charge is 0.303 e. The Morgan fingerprint density at radius 3 is 2.72 bits per heavy atom. The van der Waals surface area contributed by atoms with E-state index >= 15 is 0 Å². The standard InChI is InChI=1S/C14H17BrO3/c1-8-3-6-10(14(18-2)13(8)15)11(7-12(16)17)9-4-5-9/h3,6,9,11H,4-5,7H2,1-2H3,(H,16,17). The van der Waals surface area contributed by atoms with Gasteiger partial charge in [-0.1, -0.05) is 12.1 Å². The van der Waals surface area contributed by atoms with Gasteiger partial charge in [-0.2, -0.15) is 0 Å². The van der Waals surface area contributed by atoms with E-state index in [-0.39, 0.29) is 12.3 Å². The molecule has 1 aromatic carbocycles. The third kappa shape index (κ3) is 2.69. The number of aliphatic carboxylic acids is 1. The van der Waals surface area contributed by atoms with Gasteiger partial charge in [-0.05, 0) is 52.7 Å². The minimum atomic E-state index is -0.745. The van der Waals surface area contributed by atoms with Gasteiger partial charge in [0.15, 0.2) is 0 Å². The van der Waals surface area contributed by atoms with E-state index in [0.29, 0.717) is 5.92 Å². The number of carboxylic acid groups (broad SMARTS) is 1. The summed E-state index contributed by atoms with van der Waals surface area (Å²) in [4.78, 5) is 11.0. The SMILES string of the molecule is COc1c(C(CC(=O)O)C2CC2)ccc(C)c1Br. The number of halogens is 1. The van der Waals surface area contributed by atoms with E-state index in [0.717, 1.165) is 34.2 Å². The lowest BCUT2D eigenvalue weighted by Gasteiger charge is -2.19. The fourth-order valence-corrected chi connectivity index (χ4v) is 2.91. The second-order valence-corrected chi connectivity index (χ2v) is 5.65. The number of methoxy groups -OCH3 is 1. The van der Waals surface area contributed by atoms with Crippen LogP contribution < -0.4 is 4.74 Å². The van der Waals surface area contributed by atoms with E-state index in [1.54, 1.807) is 7.11 Å². The van der Waals surface area contributed by atoms with Gasteiger partial charge >= 0.3 is 5.97 Å². The van der Waals surface area contributed by atoms with Crippen LogP contribution in [0, 0.1) is 12.8 Å². The molecule has 0 aliphatic heterocycles. The Morgan fingerprint density at radius 1 is 1.56 bits per heavy atom. The van der Waals surface area contributed by atoms with Gasteiger partial charge in [0.1, 0.15) is 5.75 Å². The molecule has 1 unspecified atom stereocenters. The van der Waals surface area contributed by atoms with Crippen molar-refractivity contribution in [1.29, 1.82) is 0 Å². The predicted octanol–water partition coefficient (Wildman–Crippen LogP) is 3.73. The zero-order valence-electron chi connectivity index (χ0n) is 10.6. The summed E-state index contributed by atoms with van der Waals surface area (Å²) in [6.07, 6.45) is 2.41. The van der Waals surface area contributed by atoms with Gasteiger partial charge in [-0.3, -0.25) is 4.79 Å². The maximum Gasteiger partial charge on any atom is 0.303 e. The molecule has 1 N–H and O–H groups in total. The second-order valence-electron chi connectivity index (χ2n) is 4.86. The molecule has 3 nitrogen and oxygen atoms in total. The highest BCUT2D eigenvalue weighted by Gasteiger charge is 2.35. The van der Waals surface area contributed by atoms with Crippen molar-refractivity contribution >= 4 is 21.9 Å². The summed E-state index contributed by atoms with van der Waals surface area (Å²) in [5.74, 6) is 0.595. The highest BCUT2D eigenvalue weighted by Crippen LogP contribution is 2.48. The van der Waals surface area contributed by atoms with Crippen molar-refractivity contribution in [3.05, 3.63) is 27.7 Å². The van der Waals surface area contributed by atoms with E-state index in [2.05, 4.69) is 15.9 Å². The molecule has 1 aliphatic carbocycles. The third-order valence-corrected chi connectivity index (χ3v) is 4.50. The summed E-state index contributed by atoms with van der Waals surface area (Å²) < 4.78 is 6.39. The number of ether oxygens (including phenoxy) is 1. The van der Waals surface area contributed by atoms with Gasteiger partial charge in [0.2, 0.25) is 0 Å². The first kappa shape index (κ1) is 13.4. The Kier molecular flexibility index (Phi) is 3.95. The van der Waals surface area contributed by atoms with Crippen LogP contribution >= 0.6 is 15.9 Å². The molecule has 0 bridgehead atoms. The molecule has 0 spiro atoms. The van der Waals surface area contributed by atoms with E-state index in [9.17, 15) is 4.79 Å². The number of aryl methyl sites for hydroxylation is 1. The summed E-state index contributed by atoms with van der Waals surface area (Å²) >= 11 is 3.52. The number of hydrogen-bond donors (Lipinski definition) is 1. The summed E-state index contributed by atoms with van der Waals surface area (Å²) in [5, 5.41) is 9.06. The summed E-state index contributed by atoms with van der Waals surface area (Å²) in [7, 11) is 1.63. The molecule has 1 aromatic rings. The Morgan fingerprint density at radius 2 is 2.22 bits per heavy atom. The van der Waals surface area contributed by atoms with Crippen LogP contribution in [0.2, 0.25) is 0 Å². The Balaban J connectivity index is 2.40. The molecule has 0 aromatic heterocycles. The lowest BCUT2D eigenvalue weighted by Crippen LogP contribution is -2.10. The van der Waals surface area contributed by atoms with Crippen molar-refractivity contribution in [3.63, 3.8) is 0 Å².